The van der Waals surface area contributed by atoms with Crippen molar-refractivity contribution < 1.29 is 4.42 Å². The Labute approximate surface area is 287 Å². The van der Waals surface area contributed by atoms with Gasteiger partial charge in [0.15, 0.2) is 5.84 Å². The van der Waals surface area contributed by atoms with Crippen molar-refractivity contribution in [2.45, 2.75) is 38.5 Å². The van der Waals surface area contributed by atoms with E-state index >= 15 is 0 Å². The minimum atomic E-state index is -0.0797. The number of hydrogen-bond donors (Lipinski definition) is 0. The number of amidine groups is 1. The predicted octanol–water partition coefficient (Wildman–Crippen LogP) is 12.0. The summed E-state index contributed by atoms with van der Waals surface area (Å²) >= 11 is 0. The van der Waals surface area contributed by atoms with Crippen LogP contribution in [0.4, 0.5) is 0 Å². The quantitative estimate of drug-likeness (QED) is 0.190. The highest BCUT2D eigenvalue weighted by Gasteiger charge is 2.36. The van der Waals surface area contributed by atoms with Crippen LogP contribution in [0.25, 0.3) is 49.9 Å². The lowest BCUT2D eigenvalue weighted by molar-refractivity contribution is 0.658. The molecule has 0 fully saturated rings. The van der Waals surface area contributed by atoms with E-state index in [2.05, 4.69) is 153 Å². The molecule has 0 saturated carbocycles. The van der Waals surface area contributed by atoms with Gasteiger partial charge in [0, 0.05) is 21.8 Å². The van der Waals surface area contributed by atoms with Crippen molar-refractivity contribution in [3.05, 3.63) is 173 Å². The normalized spacial score (nSPS) is 16.5. The fraction of sp³-hybridized carbons (Fsp3) is 0.130. The third-order valence-corrected chi connectivity index (χ3v) is 10.3. The summed E-state index contributed by atoms with van der Waals surface area (Å²) in [5.74, 6) is 0.728. The Kier molecular flexibility index (Phi) is 7.02. The van der Waals surface area contributed by atoms with Gasteiger partial charge < -0.3 is 4.42 Å². The van der Waals surface area contributed by atoms with Crippen molar-refractivity contribution >= 4 is 39.2 Å². The largest absolute Gasteiger partial charge is 0.456 e. The molecule has 7 aromatic rings. The van der Waals surface area contributed by atoms with E-state index < -0.39 is 0 Å². The minimum Gasteiger partial charge on any atom is -0.456 e. The third-order valence-electron chi connectivity index (χ3n) is 10.3. The summed E-state index contributed by atoms with van der Waals surface area (Å²) in [5, 5.41) is 2.31. The first-order valence-corrected chi connectivity index (χ1v) is 17.2. The number of nitrogens with zero attached hydrogens (tertiary/aromatic N) is 2. The molecule has 236 valence electrons. The first-order valence-electron chi connectivity index (χ1n) is 17.2. The average Bonchev–Trinajstić information content (AvgIpc) is 3.66. The summed E-state index contributed by atoms with van der Waals surface area (Å²) in [6.07, 6.45) is 5.11. The molecule has 49 heavy (non-hydrogen) atoms. The molecule has 0 atom stereocenters. The fourth-order valence-corrected chi connectivity index (χ4v) is 7.70. The summed E-state index contributed by atoms with van der Waals surface area (Å²) in [4.78, 5) is 10.5. The van der Waals surface area contributed by atoms with E-state index in [9.17, 15) is 0 Å². The van der Waals surface area contributed by atoms with Gasteiger partial charge in [0.1, 0.15) is 11.2 Å². The van der Waals surface area contributed by atoms with Gasteiger partial charge in [-0.15, -0.1) is 0 Å². The molecule has 0 N–H and O–H groups in total. The van der Waals surface area contributed by atoms with Crippen LogP contribution in [0.3, 0.4) is 0 Å². The lowest BCUT2D eigenvalue weighted by Gasteiger charge is -2.21. The lowest BCUT2D eigenvalue weighted by Crippen LogP contribution is -2.14. The van der Waals surface area contributed by atoms with E-state index in [1.807, 2.05) is 6.07 Å². The Morgan fingerprint density at radius 3 is 2.04 bits per heavy atom. The molecule has 0 amide bonds. The molecule has 0 saturated heterocycles. The van der Waals surface area contributed by atoms with Crippen molar-refractivity contribution in [2.24, 2.45) is 9.98 Å². The highest BCUT2D eigenvalue weighted by molar-refractivity contribution is 6.15. The Morgan fingerprint density at radius 1 is 0.551 bits per heavy atom. The third kappa shape index (κ3) is 5.05. The second-order valence-corrected chi connectivity index (χ2v) is 13.6. The average molecular weight is 633 g/mol. The SMILES string of the molecule is CC1(C)c2ccccc2-c2cc3oc4cccc(-c5ccc(C6=N/C(c7ccccc7)=C\CCCC(c7ccccc7)=N6)cc5)c4c3cc21. The van der Waals surface area contributed by atoms with Crippen LogP contribution in [-0.2, 0) is 5.41 Å². The number of fused-ring (bicyclic) bond motifs is 6. The fourth-order valence-electron chi connectivity index (χ4n) is 7.70. The number of rotatable bonds is 4. The first-order chi connectivity index (χ1) is 24.0. The van der Waals surface area contributed by atoms with Gasteiger partial charge in [-0.25, -0.2) is 9.98 Å². The van der Waals surface area contributed by atoms with E-state index in [1.165, 1.54) is 22.3 Å². The Bertz CT molecular complexity index is 2460. The van der Waals surface area contributed by atoms with E-state index in [0.29, 0.717) is 0 Å². The summed E-state index contributed by atoms with van der Waals surface area (Å²) < 4.78 is 6.54. The van der Waals surface area contributed by atoms with Crippen molar-refractivity contribution in [1.82, 2.24) is 0 Å². The molecule has 6 aromatic carbocycles. The number of furan rings is 1. The maximum Gasteiger partial charge on any atom is 0.160 e. The van der Waals surface area contributed by atoms with Gasteiger partial charge in [0.25, 0.3) is 0 Å². The molecule has 2 aliphatic rings. The van der Waals surface area contributed by atoms with Gasteiger partial charge in [-0.2, -0.15) is 0 Å². The van der Waals surface area contributed by atoms with Crippen LogP contribution in [0.2, 0.25) is 0 Å². The number of allylic oxidation sites excluding steroid dienone is 1. The smallest absolute Gasteiger partial charge is 0.160 e. The van der Waals surface area contributed by atoms with Gasteiger partial charge in [0.05, 0.1) is 11.4 Å². The number of aliphatic imine (C=N–C) groups is 2. The zero-order valence-corrected chi connectivity index (χ0v) is 27.8. The molecule has 0 radical (unpaired) electrons. The highest BCUT2D eigenvalue weighted by Crippen LogP contribution is 2.51. The Hall–Kier alpha value is -5.80. The van der Waals surface area contributed by atoms with Crippen LogP contribution in [0.15, 0.2) is 160 Å². The molecule has 0 spiro atoms. The van der Waals surface area contributed by atoms with Crippen LogP contribution < -0.4 is 0 Å². The zero-order valence-electron chi connectivity index (χ0n) is 27.8. The minimum absolute atomic E-state index is 0.0797. The van der Waals surface area contributed by atoms with Crippen molar-refractivity contribution in [1.29, 1.82) is 0 Å². The van der Waals surface area contributed by atoms with Crippen molar-refractivity contribution in [2.75, 3.05) is 0 Å². The molecule has 1 aliphatic heterocycles. The molecule has 0 bridgehead atoms. The second kappa shape index (κ2) is 11.7. The van der Waals surface area contributed by atoms with E-state index in [-0.39, 0.29) is 5.41 Å². The van der Waals surface area contributed by atoms with E-state index in [0.717, 1.165) is 86.3 Å². The summed E-state index contributed by atoms with van der Waals surface area (Å²) in [6.45, 7) is 4.66. The molecular formula is C46H36N2O. The molecule has 3 nitrogen and oxygen atoms in total. The van der Waals surface area contributed by atoms with Gasteiger partial charge in [-0.05, 0) is 82.0 Å². The standard InChI is InChI=1S/C46H36N2O/c1-46(2)38-20-10-9-18-35(38)36-29-43-37(28-39(36)46)44-34(19-13-23-42(44)49-43)30-24-26-33(27-25-30)45-47-40(31-14-5-3-6-15-31)21-11-12-22-41(48-45)32-16-7-4-8-17-32/h3-10,13-21,23-29H,11-12,22H2,1-2H3/b40-21-,47-45?,48-41?. The molecule has 9 rings (SSSR count). The topological polar surface area (TPSA) is 37.9 Å². The zero-order chi connectivity index (χ0) is 33.0. The second-order valence-electron chi connectivity index (χ2n) is 13.6. The Morgan fingerprint density at radius 2 is 1.24 bits per heavy atom. The predicted molar refractivity (Wildman–Crippen MR) is 205 cm³/mol. The van der Waals surface area contributed by atoms with Crippen LogP contribution in [0, 0.1) is 0 Å². The maximum atomic E-state index is 6.54. The van der Waals surface area contributed by atoms with Gasteiger partial charge in [-0.3, -0.25) is 0 Å². The lowest BCUT2D eigenvalue weighted by atomic mass is 9.82. The highest BCUT2D eigenvalue weighted by atomic mass is 16.3. The van der Waals surface area contributed by atoms with Crippen LogP contribution >= 0.6 is 0 Å². The van der Waals surface area contributed by atoms with Gasteiger partial charge >= 0.3 is 0 Å². The summed E-state index contributed by atoms with van der Waals surface area (Å²) in [5.41, 5.74) is 14.6. The molecule has 1 aliphatic carbocycles. The van der Waals surface area contributed by atoms with E-state index in [4.69, 9.17) is 14.4 Å². The molecule has 1 aromatic heterocycles. The monoisotopic (exact) mass is 632 g/mol. The van der Waals surface area contributed by atoms with Gasteiger partial charge in [0.2, 0.25) is 0 Å². The van der Waals surface area contributed by atoms with Gasteiger partial charge in [-0.1, -0.05) is 141 Å². The molecule has 3 heteroatoms. The van der Waals surface area contributed by atoms with Crippen molar-refractivity contribution in [3.8, 4) is 22.3 Å². The summed E-state index contributed by atoms with van der Waals surface area (Å²) in [7, 11) is 0. The molecule has 2 heterocycles. The Balaban J connectivity index is 1.16. The van der Waals surface area contributed by atoms with Crippen LogP contribution in [-0.4, -0.2) is 11.5 Å². The number of benzene rings is 6. The maximum absolute atomic E-state index is 6.54. The van der Waals surface area contributed by atoms with E-state index in [1.54, 1.807) is 0 Å². The number of hydrogen-bond acceptors (Lipinski definition) is 3. The van der Waals surface area contributed by atoms with Crippen LogP contribution in [0.5, 0.6) is 0 Å². The molecule has 0 unspecified atom stereocenters. The van der Waals surface area contributed by atoms with Crippen LogP contribution in [0.1, 0.15) is 60.9 Å². The van der Waals surface area contributed by atoms with Crippen molar-refractivity contribution in [3.63, 3.8) is 0 Å². The summed E-state index contributed by atoms with van der Waals surface area (Å²) in [6, 6.07) is 49.5. The first kappa shape index (κ1) is 29.3. The molecular weight excluding hydrogens is 597 g/mol.